The number of hydrogen-bond donors (Lipinski definition) is 3. The largest absolute Gasteiger partial charge is 0.394 e. The van der Waals surface area contributed by atoms with Crippen molar-refractivity contribution in [2.45, 2.75) is 46.2 Å². The molecule has 0 aromatic heterocycles. The maximum Gasteiger partial charge on any atom is 0.193 e. The van der Waals surface area contributed by atoms with E-state index in [0.717, 1.165) is 6.21 Å². The van der Waals surface area contributed by atoms with Crippen molar-refractivity contribution >= 4 is 12.5 Å². The van der Waals surface area contributed by atoms with Crippen LogP contribution < -0.4 is 0 Å². The molecule has 3 atom stereocenters. The first-order valence-corrected chi connectivity index (χ1v) is 5.62. The van der Waals surface area contributed by atoms with Gasteiger partial charge in [0.05, 0.1) is 12.8 Å². The van der Waals surface area contributed by atoms with Crippen LogP contribution in [0.25, 0.3) is 0 Å². The van der Waals surface area contributed by atoms with Crippen molar-refractivity contribution in [1.82, 2.24) is 0 Å². The van der Waals surface area contributed by atoms with E-state index < -0.39 is 25.1 Å². The van der Waals surface area contributed by atoms with Crippen molar-refractivity contribution in [2.75, 3.05) is 13.7 Å². The number of carbonyl (C=O) groups is 1. The van der Waals surface area contributed by atoms with Gasteiger partial charge >= 0.3 is 0 Å². The Kier molecular flexibility index (Phi) is 22.2. The van der Waals surface area contributed by atoms with Crippen LogP contribution in [-0.4, -0.2) is 54.9 Å². The Morgan fingerprint density at radius 1 is 1.29 bits per heavy atom. The van der Waals surface area contributed by atoms with E-state index in [1.54, 1.807) is 0 Å². The zero-order valence-electron chi connectivity index (χ0n) is 11.2. The number of nitrogens with one attached hydrogen (secondary N) is 1. The standard InChI is InChI=1S/C7H13NO5.2C2H6/c1-12-7(2-8)13-6(4-10)5(11)3-9;2*1-2/h2-3,5-8,10-11H,4H2,1H3;2*1-2H3/t5-,6+,7+;;/m1../s1. The topological polar surface area (TPSA) is 99.8 Å². The third-order valence-corrected chi connectivity index (χ3v) is 1.38. The fourth-order valence-electron chi connectivity index (χ4n) is 0.654. The summed E-state index contributed by atoms with van der Waals surface area (Å²) < 4.78 is 9.48. The summed E-state index contributed by atoms with van der Waals surface area (Å²) in [5.41, 5.74) is 0. The number of aldehydes is 1. The summed E-state index contributed by atoms with van der Waals surface area (Å²) in [6.07, 6.45) is -2.35. The third-order valence-electron chi connectivity index (χ3n) is 1.38. The molecule has 0 saturated heterocycles. The second-order valence-electron chi connectivity index (χ2n) is 2.25. The Labute approximate surface area is 103 Å². The van der Waals surface area contributed by atoms with Gasteiger partial charge in [-0.05, 0) is 0 Å². The fourth-order valence-corrected chi connectivity index (χ4v) is 0.654. The Morgan fingerprint density at radius 2 is 1.76 bits per heavy atom. The molecule has 0 fully saturated rings. The van der Waals surface area contributed by atoms with E-state index in [0.29, 0.717) is 0 Å². The van der Waals surface area contributed by atoms with Crippen molar-refractivity contribution in [3.05, 3.63) is 0 Å². The molecule has 0 aliphatic rings. The molecular formula is C11H25NO5. The number of methoxy groups -OCH3 is 1. The average molecular weight is 251 g/mol. The summed E-state index contributed by atoms with van der Waals surface area (Å²) in [4.78, 5) is 10.1. The molecule has 0 amide bonds. The van der Waals surface area contributed by atoms with Crippen LogP contribution in [0, 0.1) is 5.41 Å². The summed E-state index contributed by atoms with van der Waals surface area (Å²) in [5.74, 6) is 0. The van der Waals surface area contributed by atoms with E-state index in [1.165, 1.54) is 7.11 Å². The summed E-state index contributed by atoms with van der Waals surface area (Å²) in [5, 5.41) is 24.5. The number of rotatable bonds is 7. The van der Waals surface area contributed by atoms with Gasteiger partial charge < -0.3 is 29.9 Å². The van der Waals surface area contributed by atoms with E-state index in [2.05, 4.69) is 4.74 Å². The van der Waals surface area contributed by atoms with Gasteiger partial charge in [-0.2, -0.15) is 0 Å². The maximum absolute atomic E-state index is 10.1. The molecule has 17 heavy (non-hydrogen) atoms. The normalized spacial score (nSPS) is 14.1. The maximum atomic E-state index is 10.1. The molecule has 0 radical (unpaired) electrons. The lowest BCUT2D eigenvalue weighted by atomic mass is 10.2. The van der Waals surface area contributed by atoms with Crippen LogP contribution in [0.3, 0.4) is 0 Å². The quantitative estimate of drug-likeness (QED) is 0.349. The molecule has 0 rings (SSSR count). The Balaban J connectivity index is -0.000000439. The molecule has 0 aliphatic carbocycles. The SMILES string of the molecule is CC.CC.CO[C@H](C=N)O[C@@H](CO)[C@H](O)C=O. The molecular weight excluding hydrogens is 226 g/mol. The van der Waals surface area contributed by atoms with E-state index in [4.69, 9.17) is 20.4 Å². The predicted octanol–water partition coefficient (Wildman–Crippen LogP) is 0.598. The Morgan fingerprint density at radius 3 is 2.00 bits per heavy atom. The van der Waals surface area contributed by atoms with Crippen molar-refractivity contribution in [2.24, 2.45) is 0 Å². The molecule has 6 heteroatoms. The molecule has 0 spiro atoms. The highest BCUT2D eigenvalue weighted by Gasteiger charge is 2.21. The lowest BCUT2D eigenvalue weighted by Gasteiger charge is -2.20. The Hall–Kier alpha value is -0.820. The molecule has 0 unspecified atom stereocenters. The minimum Gasteiger partial charge on any atom is -0.394 e. The average Bonchev–Trinajstić information content (AvgIpc) is 2.44. The zero-order chi connectivity index (χ0) is 14.3. The van der Waals surface area contributed by atoms with Gasteiger partial charge in [0.25, 0.3) is 0 Å². The highest BCUT2D eigenvalue weighted by molar-refractivity contribution is 5.58. The van der Waals surface area contributed by atoms with E-state index in [1.807, 2.05) is 27.7 Å². The molecule has 0 saturated carbocycles. The first-order chi connectivity index (χ1) is 8.19. The molecule has 0 bridgehead atoms. The third kappa shape index (κ3) is 11.4. The lowest BCUT2D eigenvalue weighted by molar-refractivity contribution is -0.159. The van der Waals surface area contributed by atoms with Gasteiger partial charge in [-0.3, -0.25) is 0 Å². The monoisotopic (exact) mass is 251 g/mol. The number of aliphatic hydroxyl groups is 2. The van der Waals surface area contributed by atoms with Crippen molar-refractivity contribution < 1.29 is 24.5 Å². The second kappa shape index (κ2) is 17.6. The summed E-state index contributed by atoms with van der Waals surface area (Å²) in [7, 11) is 1.30. The smallest absolute Gasteiger partial charge is 0.193 e. The van der Waals surface area contributed by atoms with Crippen LogP contribution in [-0.2, 0) is 14.3 Å². The molecule has 104 valence electrons. The molecule has 6 nitrogen and oxygen atoms in total. The first kappa shape index (κ1) is 21.5. The van der Waals surface area contributed by atoms with Crippen molar-refractivity contribution in [3.8, 4) is 0 Å². The van der Waals surface area contributed by atoms with Crippen LogP contribution in [0.2, 0.25) is 0 Å². The van der Waals surface area contributed by atoms with Crippen molar-refractivity contribution in [1.29, 1.82) is 5.41 Å². The molecule has 3 N–H and O–H groups in total. The molecule has 0 aromatic rings. The summed E-state index contributed by atoms with van der Waals surface area (Å²) >= 11 is 0. The molecule has 0 aliphatic heterocycles. The van der Waals surface area contributed by atoms with Gasteiger partial charge in [0.2, 0.25) is 0 Å². The van der Waals surface area contributed by atoms with E-state index in [-0.39, 0.29) is 6.29 Å². The summed E-state index contributed by atoms with van der Waals surface area (Å²) in [6.45, 7) is 7.48. The van der Waals surface area contributed by atoms with E-state index >= 15 is 0 Å². The second-order valence-corrected chi connectivity index (χ2v) is 2.25. The highest BCUT2D eigenvalue weighted by Crippen LogP contribution is 2.01. The van der Waals surface area contributed by atoms with Crippen LogP contribution in [0.1, 0.15) is 27.7 Å². The van der Waals surface area contributed by atoms with Crippen LogP contribution >= 0.6 is 0 Å². The van der Waals surface area contributed by atoms with Gasteiger partial charge in [-0.1, -0.05) is 27.7 Å². The minimum atomic E-state index is -1.41. The fraction of sp³-hybridized carbons (Fsp3) is 0.818. The van der Waals surface area contributed by atoms with Gasteiger partial charge in [0, 0.05) is 7.11 Å². The first-order valence-electron chi connectivity index (χ1n) is 5.62. The number of carbonyl (C=O) groups excluding carboxylic acids is 1. The van der Waals surface area contributed by atoms with Crippen LogP contribution in [0.4, 0.5) is 0 Å². The molecule has 0 aromatic carbocycles. The minimum absolute atomic E-state index is 0.248. The van der Waals surface area contributed by atoms with Crippen LogP contribution in [0.5, 0.6) is 0 Å². The lowest BCUT2D eigenvalue weighted by Crippen LogP contribution is -2.37. The van der Waals surface area contributed by atoms with Crippen molar-refractivity contribution in [3.63, 3.8) is 0 Å². The van der Waals surface area contributed by atoms with E-state index in [9.17, 15) is 4.79 Å². The van der Waals surface area contributed by atoms with Gasteiger partial charge in [-0.15, -0.1) is 0 Å². The Bertz CT molecular complexity index is 166. The van der Waals surface area contributed by atoms with Gasteiger partial charge in [0.1, 0.15) is 12.2 Å². The number of aliphatic hydroxyl groups excluding tert-OH is 2. The highest BCUT2D eigenvalue weighted by atomic mass is 16.7. The summed E-state index contributed by atoms with van der Waals surface area (Å²) in [6, 6.07) is 0. The zero-order valence-corrected chi connectivity index (χ0v) is 11.2. The number of ether oxygens (including phenoxy) is 2. The predicted molar refractivity (Wildman–Crippen MR) is 66.3 cm³/mol. The number of hydrogen-bond acceptors (Lipinski definition) is 6. The van der Waals surface area contributed by atoms with Gasteiger partial charge in [-0.25, -0.2) is 0 Å². The van der Waals surface area contributed by atoms with Crippen LogP contribution in [0.15, 0.2) is 0 Å². The van der Waals surface area contributed by atoms with Gasteiger partial charge in [0.15, 0.2) is 12.6 Å². The molecule has 0 heterocycles.